The lowest BCUT2D eigenvalue weighted by atomic mass is 9.85. The Balaban J connectivity index is 2.03. The SMILES string of the molecule is CC[C@@H]1C(=O)N(Cc2ccccc2)[C@H]1CO[Si](C)(C)C(C)(C)C. The van der Waals surface area contributed by atoms with E-state index in [-0.39, 0.29) is 22.9 Å². The first-order valence-electron chi connectivity index (χ1n) is 8.65. The predicted octanol–water partition coefficient (Wildman–Crippen LogP) is 4.45. The Kier molecular flexibility index (Phi) is 5.36. The predicted molar refractivity (Wildman–Crippen MR) is 97.7 cm³/mol. The fourth-order valence-corrected chi connectivity index (χ4v) is 3.83. The summed E-state index contributed by atoms with van der Waals surface area (Å²) in [5.41, 5.74) is 1.19. The summed E-state index contributed by atoms with van der Waals surface area (Å²) >= 11 is 0. The third-order valence-electron chi connectivity index (χ3n) is 5.52. The average molecular weight is 334 g/mol. The zero-order chi connectivity index (χ0) is 17.3. The molecule has 0 aromatic heterocycles. The van der Waals surface area contributed by atoms with Gasteiger partial charge < -0.3 is 9.33 Å². The topological polar surface area (TPSA) is 29.5 Å². The van der Waals surface area contributed by atoms with Gasteiger partial charge in [-0.1, -0.05) is 58.0 Å². The molecular formula is C19H31NO2Si. The molecule has 0 radical (unpaired) electrons. The molecule has 23 heavy (non-hydrogen) atoms. The zero-order valence-electron chi connectivity index (χ0n) is 15.4. The molecule has 1 saturated heterocycles. The van der Waals surface area contributed by atoms with Crippen molar-refractivity contribution < 1.29 is 9.22 Å². The van der Waals surface area contributed by atoms with Gasteiger partial charge in [0.25, 0.3) is 0 Å². The molecule has 1 aromatic rings. The molecule has 2 atom stereocenters. The standard InChI is InChI=1S/C19H31NO2Si/c1-7-16-17(14-22-23(5,6)19(2,3)4)20(18(16)21)13-15-11-9-8-10-12-15/h8-12,16-17H,7,13-14H2,1-6H3/t16-,17-/m0/s1. The van der Waals surface area contributed by atoms with Crippen LogP contribution in [-0.2, 0) is 15.8 Å². The maximum Gasteiger partial charge on any atom is 0.228 e. The Hall–Kier alpha value is -1.13. The highest BCUT2D eigenvalue weighted by Crippen LogP contribution is 2.38. The van der Waals surface area contributed by atoms with Crippen molar-refractivity contribution in [3.63, 3.8) is 0 Å². The zero-order valence-corrected chi connectivity index (χ0v) is 16.4. The van der Waals surface area contributed by atoms with Crippen molar-refractivity contribution in [2.45, 2.75) is 64.8 Å². The highest BCUT2D eigenvalue weighted by Gasteiger charge is 2.47. The molecule has 0 saturated carbocycles. The fourth-order valence-electron chi connectivity index (χ4n) is 2.81. The van der Waals surface area contributed by atoms with E-state index in [0.29, 0.717) is 13.2 Å². The number of rotatable bonds is 6. The smallest absolute Gasteiger partial charge is 0.228 e. The van der Waals surface area contributed by atoms with Crippen molar-refractivity contribution in [1.82, 2.24) is 4.90 Å². The molecule has 1 heterocycles. The van der Waals surface area contributed by atoms with Crippen molar-refractivity contribution in [3.8, 4) is 0 Å². The van der Waals surface area contributed by atoms with Crippen LogP contribution in [0.3, 0.4) is 0 Å². The van der Waals surface area contributed by atoms with E-state index in [4.69, 9.17) is 4.43 Å². The number of hydrogen-bond acceptors (Lipinski definition) is 2. The number of benzene rings is 1. The van der Waals surface area contributed by atoms with Gasteiger partial charge in [-0.05, 0) is 30.1 Å². The third kappa shape index (κ3) is 3.86. The van der Waals surface area contributed by atoms with Gasteiger partial charge in [0.1, 0.15) is 0 Å². The molecule has 3 nitrogen and oxygen atoms in total. The molecular weight excluding hydrogens is 302 g/mol. The van der Waals surface area contributed by atoms with E-state index in [2.05, 4.69) is 52.9 Å². The van der Waals surface area contributed by atoms with E-state index < -0.39 is 8.32 Å². The Bertz CT molecular complexity index is 536. The maximum absolute atomic E-state index is 12.4. The third-order valence-corrected chi connectivity index (χ3v) is 10.0. The van der Waals surface area contributed by atoms with Gasteiger partial charge in [0.05, 0.1) is 18.6 Å². The second kappa shape index (κ2) is 6.77. The molecule has 0 unspecified atom stereocenters. The summed E-state index contributed by atoms with van der Waals surface area (Å²) in [5, 5.41) is 0.201. The van der Waals surface area contributed by atoms with Crippen LogP contribution in [0.25, 0.3) is 0 Å². The van der Waals surface area contributed by atoms with E-state index >= 15 is 0 Å². The van der Waals surface area contributed by atoms with Crippen LogP contribution in [0.15, 0.2) is 30.3 Å². The first-order valence-corrected chi connectivity index (χ1v) is 11.6. The van der Waals surface area contributed by atoms with Crippen molar-refractivity contribution in [3.05, 3.63) is 35.9 Å². The van der Waals surface area contributed by atoms with Crippen LogP contribution in [0.2, 0.25) is 18.1 Å². The van der Waals surface area contributed by atoms with Gasteiger partial charge in [-0.25, -0.2) is 0 Å². The van der Waals surface area contributed by atoms with Gasteiger partial charge in [0, 0.05) is 6.54 Å². The van der Waals surface area contributed by atoms with Crippen LogP contribution in [0.4, 0.5) is 0 Å². The molecule has 1 aliphatic rings. The molecule has 1 aliphatic heterocycles. The molecule has 2 rings (SSSR count). The van der Waals surface area contributed by atoms with Crippen molar-refractivity contribution in [2.75, 3.05) is 6.61 Å². The van der Waals surface area contributed by atoms with E-state index in [1.165, 1.54) is 5.56 Å². The fraction of sp³-hybridized carbons (Fsp3) is 0.632. The highest BCUT2D eigenvalue weighted by atomic mass is 28.4. The van der Waals surface area contributed by atoms with Crippen molar-refractivity contribution >= 4 is 14.2 Å². The van der Waals surface area contributed by atoms with Crippen LogP contribution >= 0.6 is 0 Å². The van der Waals surface area contributed by atoms with E-state index in [0.717, 1.165) is 6.42 Å². The molecule has 0 N–H and O–H groups in total. The second-order valence-electron chi connectivity index (χ2n) is 8.11. The molecule has 0 bridgehead atoms. The normalized spacial score (nSPS) is 22.2. The highest BCUT2D eigenvalue weighted by molar-refractivity contribution is 6.74. The van der Waals surface area contributed by atoms with Crippen LogP contribution in [0.1, 0.15) is 39.7 Å². The lowest BCUT2D eigenvalue weighted by Crippen LogP contribution is -2.63. The Morgan fingerprint density at radius 1 is 1.17 bits per heavy atom. The van der Waals surface area contributed by atoms with Crippen LogP contribution in [0, 0.1) is 5.92 Å². The summed E-state index contributed by atoms with van der Waals surface area (Å²) in [4.78, 5) is 14.4. The summed E-state index contributed by atoms with van der Waals surface area (Å²) in [6, 6.07) is 10.4. The quantitative estimate of drug-likeness (QED) is 0.569. The molecule has 128 valence electrons. The Labute approximate surface area is 142 Å². The number of carbonyl (C=O) groups is 1. The van der Waals surface area contributed by atoms with E-state index in [9.17, 15) is 4.79 Å². The van der Waals surface area contributed by atoms with Crippen molar-refractivity contribution in [1.29, 1.82) is 0 Å². The minimum atomic E-state index is -1.77. The summed E-state index contributed by atoms with van der Waals surface area (Å²) < 4.78 is 6.39. The minimum absolute atomic E-state index is 0.128. The number of β-lactam (4-membered cyclic amide) rings is 1. The Morgan fingerprint density at radius 2 is 1.78 bits per heavy atom. The minimum Gasteiger partial charge on any atom is -0.415 e. The van der Waals surface area contributed by atoms with Gasteiger partial charge in [-0.2, -0.15) is 0 Å². The largest absolute Gasteiger partial charge is 0.415 e. The van der Waals surface area contributed by atoms with E-state index in [1.54, 1.807) is 0 Å². The number of carbonyl (C=O) groups excluding carboxylic acids is 1. The number of hydrogen-bond donors (Lipinski definition) is 0. The molecule has 1 aromatic carbocycles. The van der Waals surface area contributed by atoms with Gasteiger partial charge in [-0.15, -0.1) is 0 Å². The second-order valence-corrected chi connectivity index (χ2v) is 12.9. The first-order chi connectivity index (χ1) is 10.7. The first kappa shape index (κ1) is 18.2. The van der Waals surface area contributed by atoms with Crippen LogP contribution in [0.5, 0.6) is 0 Å². The number of nitrogens with zero attached hydrogens (tertiary/aromatic N) is 1. The summed E-state index contributed by atoms with van der Waals surface area (Å²) in [6.07, 6.45) is 0.898. The van der Waals surface area contributed by atoms with Gasteiger partial charge in [0.2, 0.25) is 5.91 Å². The average Bonchev–Trinajstić information content (AvgIpc) is 2.48. The summed E-state index contributed by atoms with van der Waals surface area (Å²) in [7, 11) is -1.77. The Morgan fingerprint density at radius 3 is 2.30 bits per heavy atom. The number of amides is 1. The summed E-state index contributed by atoms with van der Waals surface area (Å²) in [6.45, 7) is 14.8. The van der Waals surface area contributed by atoms with E-state index in [1.807, 2.05) is 23.1 Å². The van der Waals surface area contributed by atoms with Gasteiger partial charge >= 0.3 is 0 Å². The van der Waals surface area contributed by atoms with Crippen LogP contribution < -0.4 is 0 Å². The lowest BCUT2D eigenvalue weighted by molar-refractivity contribution is -0.160. The monoisotopic (exact) mass is 333 g/mol. The van der Waals surface area contributed by atoms with Crippen molar-refractivity contribution in [2.24, 2.45) is 5.92 Å². The van der Waals surface area contributed by atoms with Gasteiger partial charge in [-0.3, -0.25) is 4.79 Å². The molecule has 1 amide bonds. The van der Waals surface area contributed by atoms with Gasteiger partial charge in [0.15, 0.2) is 8.32 Å². The molecule has 0 aliphatic carbocycles. The summed E-state index contributed by atoms with van der Waals surface area (Å²) in [5.74, 6) is 0.406. The maximum atomic E-state index is 12.4. The molecule has 0 spiro atoms. The molecule has 4 heteroatoms. The lowest BCUT2D eigenvalue weighted by Gasteiger charge is -2.49. The number of likely N-dealkylation sites (tertiary alicyclic amines) is 1. The molecule has 1 fully saturated rings. The van der Waals surface area contributed by atoms with Crippen LogP contribution in [-0.4, -0.2) is 31.8 Å².